The molecule has 108 valence electrons. The molecule has 3 aromatic heterocycles. The van der Waals surface area contributed by atoms with E-state index in [1.165, 1.54) is 12.4 Å². The highest BCUT2D eigenvalue weighted by atomic mass is 35.5. The molecule has 0 aliphatic carbocycles. The van der Waals surface area contributed by atoms with E-state index in [0.717, 1.165) is 23.9 Å². The van der Waals surface area contributed by atoms with Crippen molar-refractivity contribution >= 4 is 29.0 Å². The molecule has 3 nitrogen and oxygen atoms in total. The first kappa shape index (κ1) is 14.2. The molecule has 0 bridgehead atoms. The predicted octanol–water partition coefficient (Wildman–Crippen LogP) is 4.55. The van der Waals surface area contributed by atoms with Crippen LogP contribution in [-0.4, -0.2) is 14.4 Å². The van der Waals surface area contributed by atoms with Crippen LogP contribution < -0.4 is 0 Å². The molecule has 3 rings (SSSR count). The molecular weight excluding hydrogens is 323 g/mol. The molecule has 0 unspecified atom stereocenters. The van der Waals surface area contributed by atoms with E-state index in [-0.39, 0.29) is 5.65 Å². The molecule has 0 atom stereocenters. The largest absolute Gasteiger partial charge is 0.416 e. The van der Waals surface area contributed by atoms with Gasteiger partial charge in [0.25, 0.3) is 0 Å². The van der Waals surface area contributed by atoms with Crippen molar-refractivity contribution in [1.29, 1.82) is 0 Å². The molecule has 21 heavy (non-hydrogen) atoms. The fraction of sp³-hybridized carbons (Fsp3) is 0.0769. The zero-order valence-corrected chi connectivity index (χ0v) is 11.9. The van der Waals surface area contributed by atoms with Crippen LogP contribution in [0, 0.1) is 0 Å². The highest BCUT2D eigenvalue weighted by Gasteiger charge is 2.31. The normalized spacial score (nSPS) is 12.0. The predicted molar refractivity (Wildman–Crippen MR) is 73.6 cm³/mol. The lowest BCUT2D eigenvalue weighted by Gasteiger charge is -2.11. The van der Waals surface area contributed by atoms with Gasteiger partial charge in [0.05, 0.1) is 15.6 Å². The number of hydrogen-bond acceptors (Lipinski definition) is 3. The van der Waals surface area contributed by atoms with E-state index in [4.69, 9.17) is 11.6 Å². The summed E-state index contributed by atoms with van der Waals surface area (Å²) in [4.78, 5) is 7.99. The van der Waals surface area contributed by atoms with Crippen molar-refractivity contribution in [2.75, 3.05) is 0 Å². The number of hydrogen-bond donors (Lipinski definition) is 0. The summed E-state index contributed by atoms with van der Waals surface area (Å²) in [6.07, 6.45) is 0.0849. The summed E-state index contributed by atoms with van der Waals surface area (Å²) in [6, 6.07) is 5.38. The summed E-state index contributed by atoms with van der Waals surface area (Å²) in [5.74, 6) is 0. The zero-order valence-electron chi connectivity index (χ0n) is 10.3. The van der Waals surface area contributed by atoms with E-state index < -0.39 is 11.7 Å². The summed E-state index contributed by atoms with van der Waals surface area (Å²) in [5.41, 5.74) is -0.501. The Morgan fingerprint density at radius 1 is 1.14 bits per heavy atom. The van der Waals surface area contributed by atoms with Crippen LogP contribution >= 0.6 is 23.4 Å². The van der Waals surface area contributed by atoms with Crippen LogP contribution in [0.5, 0.6) is 0 Å². The van der Waals surface area contributed by atoms with Crippen LogP contribution in [0.15, 0.2) is 52.9 Å². The van der Waals surface area contributed by atoms with E-state index in [9.17, 15) is 13.2 Å². The SMILES string of the molecule is FC(F)(F)c1cc(Sc2ccc(Cl)cn2)n2ccnc2c1. The van der Waals surface area contributed by atoms with Gasteiger partial charge in [-0.25, -0.2) is 9.97 Å². The van der Waals surface area contributed by atoms with Gasteiger partial charge in [-0.15, -0.1) is 0 Å². The monoisotopic (exact) mass is 329 g/mol. The fourth-order valence-electron chi connectivity index (χ4n) is 1.76. The molecule has 0 saturated heterocycles. The highest BCUT2D eigenvalue weighted by molar-refractivity contribution is 7.99. The lowest BCUT2D eigenvalue weighted by molar-refractivity contribution is -0.137. The Labute approximate surface area is 126 Å². The minimum atomic E-state index is -4.42. The lowest BCUT2D eigenvalue weighted by Crippen LogP contribution is -2.06. The maximum absolute atomic E-state index is 12.9. The van der Waals surface area contributed by atoms with E-state index >= 15 is 0 Å². The molecule has 0 spiro atoms. The van der Waals surface area contributed by atoms with Crippen LogP contribution in [0.25, 0.3) is 5.65 Å². The van der Waals surface area contributed by atoms with Crippen molar-refractivity contribution in [3.63, 3.8) is 0 Å². The number of nitrogens with zero attached hydrogens (tertiary/aromatic N) is 3. The molecule has 0 aromatic carbocycles. The van der Waals surface area contributed by atoms with Crippen LogP contribution in [0.2, 0.25) is 5.02 Å². The number of imidazole rings is 1. The molecule has 0 radical (unpaired) electrons. The number of rotatable bonds is 2. The number of fused-ring (bicyclic) bond motifs is 1. The van der Waals surface area contributed by atoms with Crippen LogP contribution in [0.1, 0.15) is 5.56 Å². The first-order valence-electron chi connectivity index (χ1n) is 5.77. The topological polar surface area (TPSA) is 30.2 Å². The van der Waals surface area contributed by atoms with Crippen molar-refractivity contribution in [1.82, 2.24) is 14.4 Å². The third kappa shape index (κ3) is 2.98. The molecule has 0 saturated carbocycles. The minimum Gasteiger partial charge on any atom is -0.294 e. The third-order valence-electron chi connectivity index (χ3n) is 2.71. The Balaban J connectivity index is 2.07. The average molecular weight is 330 g/mol. The number of aromatic nitrogens is 3. The van der Waals surface area contributed by atoms with Crippen LogP contribution in [0.4, 0.5) is 13.2 Å². The standard InChI is InChI=1S/C13H7ClF3N3S/c14-9-1-2-11(19-7-9)21-12-6-8(13(15,16)17)5-10-18-3-4-20(10)12/h1-7H. The molecular formula is C13H7ClF3N3S. The number of pyridine rings is 2. The Morgan fingerprint density at radius 2 is 1.95 bits per heavy atom. The maximum Gasteiger partial charge on any atom is 0.416 e. The molecule has 0 fully saturated rings. The van der Waals surface area contributed by atoms with Gasteiger partial charge in [-0.05, 0) is 24.3 Å². The Morgan fingerprint density at radius 3 is 2.62 bits per heavy atom. The first-order chi connectivity index (χ1) is 9.93. The van der Waals surface area contributed by atoms with Crippen molar-refractivity contribution in [2.24, 2.45) is 0 Å². The second kappa shape index (κ2) is 5.23. The second-order valence-corrected chi connectivity index (χ2v) is 5.63. The average Bonchev–Trinajstić information content (AvgIpc) is 2.89. The van der Waals surface area contributed by atoms with Crippen molar-refractivity contribution in [3.8, 4) is 0 Å². The van der Waals surface area contributed by atoms with Crippen molar-refractivity contribution in [2.45, 2.75) is 16.2 Å². The summed E-state index contributed by atoms with van der Waals surface area (Å²) in [5, 5.41) is 1.40. The molecule has 3 heterocycles. The van der Waals surface area contributed by atoms with Gasteiger partial charge in [0, 0.05) is 18.6 Å². The maximum atomic E-state index is 12.9. The smallest absolute Gasteiger partial charge is 0.294 e. The summed E-state index contributed by atoms with van der Waals surface area (Å²) in [7, 11) is 0. The van der Waals surface area contributed by atoms with Crippen LogP contribution in [0.3, 0.4) is 0 Å². The van der Waals surface area contributed by atoms with Gasteiger partial charge in [0.2, 0.25) is 0 Å². The van der Waals surface area contributed by atoms with Crippen molar-refractivity contribution < 1.29 is 13.2 Å². The van der Waals surface area contributed by atoms with Gasteiger partial charge in [0.15, 0.2) is 0 Å². The molecule has 0 aliphatic heterocycles. The van der Waals surface area contributed by atoms with Gasteiger partial charge in [0.1, 0.15) is 10.7 Å². The van der Waals surface area contributed by atoms with Gasteiger partial charge >= 0.3 is 6.18 Å². The number of alkyl halides is 3. The zero-order chi connectivity index (χ0) is 15.0. The Hall–Kier alpha value is -1.73. The summed E-state index contributed by atoms with van der Waals surface area (Å²) < 4.78 is 40.3. The van der Waals surface area contributed by atoms with E-state index in [1.54, 1.807) is 22.7 Å². The fourth-order valence-corrected chi connectivity index (χ4v) is 2.77. The summed E-state index contributed by atoms with van der Waals surface area (Å²) >= 11 is 6.86. The minimum absolute atomic E-state index is 0.237. The Kier molecular flexibility index (Phi) is 3.54. The van der Waals surface area contributed by atoms with E-state index in [0.29, 0.717) is 15.1 Å². The van der Waals surface area contributed by atoms with Gasteiger partial charge < -0.3 is 0 Å². The lowest BCUT2D eigenvalue weighted by atomic mass is 10.2. The van der Waals surface area contributed by atoms with Crippen LogP contribution in [-0.2, 0) is 6.18 Å². The molecule has 0 amide bonds. The van der Waals surface area contributed by atoms with Gasteiger partial charge in [-0.1, -0.05) is 23.4 Å². The highest BCUT2D eigenvalue weighted by Crippen LogP contribution is 2.35. The quantitative estimate of drug-likeness (QED) is 0.690. The Bertz CT molecular complexity index is 783. The van der Waals surface area contributed by atoms with Crippen molar-refractivity contribution in [3.05, 3.63) is 53.4 Å². The summed E-state index contributed by atoms with van der Waals surface area (Å²) in [6.45, 7) is 0. The second-order valence-electron chi connectivity index (χ2n) is 4.15. The molecule has 0 N–H and O–H groups in total. The molecule has 3 aromatic rings. The van der Waals surface area contributed by atoms with Gasteiger partial charge in [-0.3, -0.25) is 4.40 Å². The first-order valence-corrected chi connectivity index (χ1v) is 6.97. The number of halogens is 4. The van der Waals surface area contributed by atoms with E-state index in [2.05, 4.69) is 9.97 Å². The van der Waals surface area contributed by atoms with E-state index in [1.807, 2.05) is 0 Å². The van der Waals surface area contributed by atoms with Gasteiger partial charge in [-0.2, -0.15) is 13.2 Å². The molecule has 8 heteroatoms. The third-order valence-corrected chi connectivity index (χ3v) is 3.90. The molecule has 0 aliphatic rings.